The van der Waals surface area contributed by atoms with Crippen LogP contribution in [0, 0.1) is 17.5 Å². The van der Waals surface area contributed by atoms with Gasteiger partial charge in [0.1, 0.15) is 40.5 Å². The number of carbonyl (C=O) groups is 1. The molecule has 0 aliphatic carbocycles. The number of nitrogens with zero attached hydrogens (tertiary/aromatic N) is 1. The topological polar surface area (TPSA) is 51.2 Å². The van der Waals surface area contributed by atoms with E-state index < -0.39 is 23.4 Å². The molecule has 0 radical (unpaired) electrons. The Morgan fingerprint density at radius 1 is 0.935 bits per heavy atom. The second kappa shape index (κ2) is 9.01. The van der Waals surface area contributed by atoms with Crippen LogP contribution >= 0.6 is 11.3 Å². The summed E-state index contributed by atoms with van der Waals surface area (Å²) in [5, 5.41) is 4.74. The molecule has 0 aliphatic rings. The van der Waals surface area contributed by atoms with E-state index in [4.69, 9.17) is 4.74 Å². The molecule has 156 valence electrons. The highest BCUT2D eigenvalue weighted by atomic mass is 32.1. The van der Waals surface area contributed by atoms with Crippen LogP contribution in [0.25, 0.3) is 10.6 Å². The van der Waals surface area contributed by atoms with Gasteiger partial charge in [-0.15, -0.1) is 11.3 Å². The number of hydrogen-bond acceptors (Lipinski definition) is 4. The highest BCUT2D eigenvalue weighted by Gasteiger charge is 2.16. The zero-order chi connectivity index (χ0) is 21.8. The van der Waals surface area contributed by atoms with Crippen molar-refractivity contribution in [2.24, 2.45) is 0 Å². The number of aromatic nitrogens is 1. The second-order valence-electron chi connectivity index (χ2n) is 6.48. The van der Waals surface area contributed by atoms with Crippen molar-refractivity contribution in [1.82, 2.24) is 4.98 Å². The average molecular weight is 440 g/mol. The Bertz CT molecular complexity index is 1210. The van der Waals surface area contributed by atoms with E-state index in [0.717, 1.165) is 0 Å². The van der Waals surface area contributed by atoms with Crippen molar-refractivity contribution in [2.45, 2.75) is 6.61 Å². The fourth-order valence-corrected chi connectivity index (χ4v) is 3.65. The number of para-hydroxylation sites is 1. The van der Waals surface area contributed by atoms with Gasteiger partial charge in [0.15, 0.2) is 0 Å². The average Bonchev–Trinajstić information content (AvgIpc) is 3.26. The summed E-state index contributed by atoms with van der Waals surface area (Å²) in [5.41, 5.74) is 1.04. The molecular weight excluding hydrogens is 425 g/mol. The maximum absolute atomic E-state index is 13.9. The molecule has 1 aromatic heterocycles. The zero-order valence-electron chi connectivity index (χ0n) is 15.9. The monoisotopic (exact) mass is 440 g/mol. The minimum absolute atomic E-state index is 0.171. The van der Waals surface area contributed by atoms with E-state index in [1.807, 2.05) is 0 Å². The molecule has 0 atom stereocenters. The van der Waals surface area contributed by atoms with Crippen molar-refractivity contribution < 1.29 is 22.7 Å². The van der Waals surface area contributed by atoms with Crippen molar-refractivity contribution in [3.63, 3.8) is 0 Å². The van der Waals surface area contributed by atoms with Crippen LogP contribution in [-0.4, -0.2) is 10.9 Å². The van der Waals surface area contributed by atoms with Gasteiger partial charge in [-0.2, -0.15) is 0 Å². The number of thiazole rings is 1. The molecule has 0 spiro atoms. The van der Waals surface area contributed by atoms with Gasteiger partial charge in [-0.05, 0) is 48.5 Å². The Morgan fingerprint density at radius 2 is 1.65 bits per heavy atom. The van der Waals surface area contributed by atoms with E-state index in [1.165, 1.54) is 53.8 Å². The molecule has 0 aliphatic heterocycles. The first kappa shape index (κ1) is 20.6. The van der Waals surface area contributed by atoms with Crippen LogP contribution in [-0.2, 0) is 6.61 Å². The van der Waals surface area contributed by atoms with Gasteiger partial charge in [0.05, 0.1) is 11.1 Å². The second-order valence-corrected chi connectivity index (χ2v) is 7.34. The van der Waals surface area contributed by atoms with Gasteiger partial charge < -0.3 is 10.1 Å². The standard InChI is InChI=1S/C23H15F3N2O2S/c24-14-8-10-15(11-9-14)27-22(29)20-13-31-23(28-20)16-4-1-2-7-21(16)30-12-17-18(25)5-3-6-19(17)26/h1-11,13H,12H2,(H,27,29). The molecule has 3 aromatic carbocycles. The lowest BCUT2D eigenvalue weighted by Gasteiger charge is -2.11. The van der Waals surface area contributed by atoms with Gasteiger partial charge in [-0.1, -0.05) is 18.2 Å². The molecule has 0 bridgehead atoms. The van der Waals surface area contributed by atoms with E-state index in [0.29, 0.717) is 22.0 Å². The third-order valence-electron chi connectivity index (χ3n) is 4.39. The predicted octanol–water partition coefficient (Wildman–Crippen LogP) is 6.06. The number of hydrogen-bond donors (Lipinski definition) is 1. The van der Waals surface area contributed by atoms with Gasteiger partial charge in [0.2, 0.25) is 0 Å². The quantitative estimate of drug-likeness (QED) is 0.397. The number of halogens is 3. The summed E-state index contributed by atoms with van der Waals surface area (Å²) in [6, 6.07) is 15.9. The van der Waals surface area contributed by atoms with Gasteiger partial charge in [0.25, 0.3) is 5.91 Å². The molecular formula is C23H15F3N2O2S. The smallest absolute Gasteiger partial charge is 0.275 e. The fraction of sp³-hybridized carbons (Fsp3) is 0.0435. The minimum atomic E-state index is -0.688. The molecule has 1 N–H and O–H groups in total. The maximum Gasteiger partial charge on any atom is 0.275 e. The molecule has 0 unspecified atom stereocenters. The van der Waals surface area contributed by atoms with Crippen molar-refractivity contribution in [2.75, 3.05) is 5.32 Å². The van der Waals surface area contributed by atoms with Crippen molar-refractivity contribution in [1.29, 1.82) is 0 Å². The first-order chi connectivity index (χ1) is 15.0. The summed E-state index contributed by atoms with van der Waals surface area (Å²) >= 11 is 1.23. The summed E-state index contributed by atoms with van der Waals surface area (Å²) in [7, 11) is 0. The minimum Gasteiger partial charge on any atom is -0.488 e. The Hall–Kier alpha value is -3.65. The largest absolute Gasteiger partial charge is 0.488 e. The van der Waals surface area contributed by atoms with E-state index in [2.05, 4.69) is 10.3 Å². The lowest BCUT2D eigenvalue weighted by atomic mass is 10.2. The molecule has 4 nitrogen and oxygen atoms in total. The molecule has 0 fully saturated rings. The van der Waals surface area contributed by atoms with Crippen LogP contribution in [0.1, 0.15) is 16.1 Å². The summed E-state index contributed by atoms with van der Waals surface area (Å²) < 4.78 is 46.4. The number of carbonyl (C=O) groups excluding carboxylic acids is 1. The van der Waals surface area contributed by atoms with Crippen LogP contribution in [0.15, 0.2) is 72.1 Å². The summed E-state index contributed by atoms with van der Waals surface area (Å²) in [5.74, 6) is -1.84. The summed E-state index contributed by atoms with van der Waals surface area (Å²) in [6.45, 7) is -0.293. The summed E-state index contributed by atoms with van der Waals surface area (Å²) in [6.07, 6.45) is 0. The van der Waals surface area contributed by atoms with Gasteiger partial charge >= 0.3 is 0 Å². The van der Waals surface area contributed by atoms with Crippen LogP contribution in [0.5, 0.6) is 5.75 Å². The van der Waals surface area contributed by atoms with Crippen molar-refractivity contribution in [3.8, 4) is 16.3 Å². The number of ether oxygens (including phenoxy) is 1. The van der Waals surface area contributed by atoms with E-state index >= 15 is 0 Å². The number of rotatable bonds is 6. The van der Waals surface area contributed by atoms with Gasteiger partial charge in [-0.25, -0.2) is 18.2 Å². The van der Waals surface area contributed by atoms with Crippen LogP contribution < -0.4 is 10.1 Å². The van der Waals surface area contributed by atoms with E-state index in [1.54, 1.807) is 29.6 Å². The third-order valence-corrected chi connectivity index (χ3v) is 5.27. The molecule has 4 rings (SSSR count). The highest BCUT2D eigenvalue weighted by Crippen LogP contribution is 2.33. The van der Waals surface area contributed by atoms with E-state index in [9.17, 15) is 18.0 Å². The first-order valence-electron chi connectivity index (χ1n) is 9.19. The summed E-state index contributed by atoms with van der Waals surface area (Å²) in [4.78, 5) is 16.8. The molecule has 31 heavy (non-hydrogen) atoms. The van der Waals surface area contributed by atoms with Crippen molar-refractivity contribution in [3.05, 3.63) is 101 Å². The van der Waals surface area contributed by atoms with Crippen LogP contribution in [0.4, 0.5) is 18.9 Å². The maximum atomic E-state index is 13.9. The lowest BCUT2D eigenvalue weighted by Crippen LogP contribution is -2.12. The van der Waals surface area contributed by atoms with Crippen LogP contribution in [0.3, 0.4) is 0 Å². The molecule has 0 saturated heterocycles. The molecule has 0 saturated carbocycles. The SMILES string of the molecule is O=C(Nc1ccc(F)cc1)c1csc(-c2ccccc2OCc2c(F)cccc2F)n1. The number of nitrogens with one attached hydrogen (secondary N) is 1. The van der Waals surface area contributed by atoms with E-state index in [-0.39, 0.29) is 17.9 Å². The lowest BCUT2D eigenvalue weighted by molar-refractivity contribution is 0.102. The molecule has 4 aromatic rings. The Morgan fingerprint density at radius 3 is 2.39 bits per heavy atom. The highest BCUT2D eigenvalue weighted by molar-refractivity contribution is 7.13. The molecule has 8 heteroatoms. The number of benzene rings is 3. The Labute approximate surface area is 180 Å². The molecule has 1 heterocycles. The Kier molecular flexibility index (Phi) is 5.99. The normalized spacial score (nSPS) is 10.7. The predicted molar refractivity (Wildman–Crippen MR) is 113 cm³/mol. The Balaban J connectivity index is 1.52. The van der Waals surface area contributed by atoms with Gasteiger partial charge in [-0.3, -0.25) is 4.79 Å². The third kappa shape index (κ3) is 4.75. The zero-order valence-corrected chi connectivity index (χ0v) is 16.8. The number of anilines is 1. The first-order valence-corrected chi connectivity index (χ1v) is 10.1. The molecule has 1 amide bonds. The van der Waals surface area contributed by atoms with Crippen LogP contribution in [0.2, 0.25) is 0 Å². The number of amides is 1. The van der Waals surface area contributed by atoms with Crippen molar-refractivity contribution >= 4 is 22.9 Å². The van der Waals surface area contributed by atoms with Gasteiger partial charge in [0, 0.05) is 11.1 Å². The fourth-order valence-electron chi connectivity index (χ4n) is 2.82.